The van der Waals surface area contributed by atoms with Crippen LogP contribution in [0.2, 0.25) is 0 Å². The molecule has 106 valence electrons. The second kappa shape index (κ2) is 6.02. The molecule has 0 aliphatic carbocycles. The molecule has 1 aliphatic rings. The van der Waals surface area contributed by atoms with E-state index < -0.39 is 5.60 Å². The van der Waals surface area contributed by atoms with Gasteiger partial charge in [0.1, 0.15) is 13.4 Å². The average molecular weight is 263 g/mol. The number of amides is 1. The SMILES string of the molecule is [B]C(=C)CCC1(C)CCN(C(=O)OC(C)(C)C)CC1. The maximum absolute atomic E-state index is 12.0. The van der Waals surface area contributed by atoms with E-state index in [9.17, 15) is 4.79 Å². The Labute approximate surface area is 118 Å². The number of piperidine rings is 1. The minimum atomic E-state index is -0.422. The summed E-state index contributed by atoms with van der Waals surface area (Å²) in [6.07, 6.45) is 3.71. The zero-order valence-corrected chi connectivity index (χ0v) is 12.8. The summed E-state index contributed by atoms with van der Waals surface area (Å²) in [7, 11) is 5.63. The standard InChI is InChI=1S/C15H26BNO2/c1-12(16)6-7-15(5)8-10-17(11-9-15)13(18)19-14(2,3)4/h1,6-11H2,2-5H3. The molecule has 4 heteroatoms. The van der Waals surface area contributed by atoms with Crippen molar-refractivity contribution in [2.75, 3.05) is 13.1 Å². The van der Waals surface area contributed by atoms with E-state index in [2.05, 4.69) is 13.5 Å². The zero-order chi connectivity index (χ0) is 14.7. The number of carbonyl (C=O) groups excluding carboxylic acids is 1. The Morgan fingerprint density at radius 1 is 1.37 bits per heavy atom. The topological polar surface area (TPSA) is 29.5 Å². The quantitative estimate of drug-likeness (QED) is 0.729. The van der Waals surface area contributed by atoms with Crippen LogP contribution in [0.4, 0.5) is 4.79 Å². The molecule has 3 nitrogen and oxygen atoms in total. The van der Waals surface area contributed by atoms with Gasteiger partial charge < -0.3 is 9.64 Å². The minimum absolute atomic E-state index is 0.196. The Morgan fingerprint density at radius 2 is 1.89 bits per heavy atom. The molecule has 1 rings (SSSR count). The highest BCUT2D eigenvalue weighted by atomic mass is 16.6. The van der Waals surface area contributed by atoms with Crippen LogP contribution >= 0.6 is 0 Å². The van der Waals surface area contributed by atoms with Gasteiger partial charge in [-0.25, -0.2) is 4.79 Å². The van der Waals surface area contributed by atoms with Crippen molar-refractivity contribution in [2.24, 2.45) is 5.41 Å². The van der Waals surface area contributed by atoms with Gasteiger partial charge in [0.2, 0.25) is 0 Å². The molecule has 1 saturated heterocycles. The minimum Gasteiger partial charge on any atom is -0.444 e. The van der Waals surface area contributed by atoms with Crippen LogP contribution in [-0.2, 0) is 4.74 Å². The molecule has 0 saturated carbocycles. The molecule has 2 radical (unpaired) electrons. The first-order valence-corrected chi connectivity index (χ1v) is 7.02. The van der Waals surface area contributed by atoms with Gasteiger partial charge in [-0.1, -0.05) is 6.92 Å². The van der Waals surface area contributed by atoms with Gasteiger partial charge in [-0.2, -0.15) is 0 Å². The van der Waals surface area contributed by atoms with Gasteiger partial charge in [-0.15, -0.1) is 12.1 Å². The maximum atomic E-state index is 12.0. The van der Waals surface area contributed by atoms with Crippen molar-refractivity contribution < 1.29 is 9.53 Å². The third-order valence-electron chi connectivity index (χ3n) is 3.67. The molecule has 0 bridgehead atoms. The van der Waals surface area contributed by atoms with Crippen LogP contribution in [0, 0.1) is 5.41 Å². The van der Waals surface area contributed by atoms with E-state index in [0.29, 0.717) is 0 Å². The second-order valence-corrected chi connectivity index (χ2v) is 6.94. The Kier molecular flexibility index (Phi) is 5.11. The van der Waals surface area contributed by atoms with E-state index >= 15 is 0 Å². The van der Waals surface area contributed by atoms with Crippen molar-refractivity contribution in [3.63, 3.8) is 0 Å². The molecule has 0 aromatic rings. The van der Waals surface area contributed by atoms with Crippen LogP contribution in [0.5, 0.6) is 0 Å². The Bertz CT molecular complexity index is 339. The lowest BCUT2D eigenvalue weighted by molar-refractivity contribution is 0.0111. The van der Waals surface area contributed by atoms with Gasteiger partial charge >= 0.3 is 6.09 Å². The van der Waals surface area contributed by atoms with Gasteiger partial charge in [-0.3, -0.25) is 0 Å². The molecule has 0 unspecified atom stereocenters. The zero-order valence-electron chi connectivity index (χ0n) is 12.8. The van der Waals surface area contributed by atoms with Gasteiger partial charge in [0.25, 0.3) is 0 Å². The molecular formula is C15H26BNO2. The molecule has 1 aliphatic heterocycles. The van der Waals surface area contributed by atoms with Crippen molar-refractivity contribution in [3.05, 3.63) is 12.1 Å². The largest absolute Gasteiger partial charge is 0.444 e. The molecule has 0 aromatic heterocycles. The van der Waals surface area contributed by atoms with Crippen molar-refractivity contribution in [2.45, 2.75) is 59.0 Å². The molecule has 1 amide bonds. The third kappa shape index (κ3) is 5.71. The Morgan fingerprint density at radius 3 is 2.32 bits per heavy atom. The molecular weight excluding hydrogens is 237 g/mol. The maximum Gasteiger partial charge on any atom is 0.410 e. The number of ether oxygens (including phenoxy) is 1. The first kappa shape index (κ1) is 16.1. The van der Waals surface area contributed by atoms with Gasteiger partial charge in [-0.05, 0) is 51.9 Å². The average Bonchev–Trinajstić information content (AvgIpc) is 2.25. The van der Waals surface area contributed by atoms with Crippen molar-refractivity contribution in [1.29, 1.82) is 0 Å². The van der Waals surface area contributed by atoms with Crippen molar-refractivity contribution in [1.82, 2.24) is 4.90 Å². The number of hydrogen-bond acceptors (Lipinski definition) is 2. The summed E-state index contributed by atoms with van der Waals surface area (Å²) in [6.45, 7) is 13.2. The van der Waals surface area contributed by atoms with E-state index in [0.717, 1.165) is 44.2 Å². The molecule has 0 N–H and O–H groups in total. The van der Waals surface area contributed by atoms with E-state index in [1.54, 1.807) is 0 Å². The monoisotopic (exact) mass is 263 g/mol. The highest BCUT2D eigenvalue weighted by Gasteiger charge is 2.33. The predicted molar refractivity (Wildman–Crippen MR) is 79.3 cm³/mol. The summed E-state index contributed by atoms with van der Waals surface area (Å²) in [5.74, 6) is 0. The molecule has 1 heterocycles. The van der Waals surface area contributed by atoms with E-state index in [1.165, 1.54) is 0 Å². The van der Waals surface area contributed by atoms with Crippen molar-refractivity contribution >= 4 is 13.9 Å². The van der Waals surface area contributed by atoms with Gasteiger partial charge in [0, 0.05) is 13.1 Å². The smallest absolute Gasteiger partial charge is 0.410 e. The van der Waals surface area contributed by atoms with Crippen LogP contribution in [0.3, 0.4) is 0 Å². The van der Waals surface area contributed by atoms with E-state index in [4.69, 9.17) is 12.6 Å². The summed E-state index contributed by atoms with van der Waals surface area (Å²) in [4.78, 5) is 13.8. The number of rotatable bonds is 3. The fraction of sp³-hybridized carbons (Fsp3) is 0.800. The molecule has 19 heavy (non-hydrogen) atoms. The summed E-state index contributed by atoms with van der Waals surface area (Å²) >= 11 is 0. The Hall–Kier alpha value is -0.925. The number of nitrogens with zero attached hydrogens (tertiary/aromatic N) is 1. The predicted octanol–water partition coefficient (Wildman–Crippen LogP) is 3.49. The highest BCUT2D eigenvalue weighted by molar-refractivity contribution is 6.21. The highest BCUT2D eigenvalue weighted by Crippen LogP contribution is 2.36. The van der Waals surface area contributed by atoms with Crippen LogP contribution < -0.4 is 0 Å². The lowest BCUT2D eigenvalue weighted by Crippen LogP contribution is -2.44. The Balaban J connectivity index is 2.44. The summed E-state index contributed by atoms with van der Waals surface area (Å²) < 4.78 is 5.40. The number of carbonyl (C=O) groups is 1. The first-order chi connectivity index (χ1) is 8.61. The van der Waals surface area contributed by atoms with Crippen LogP contribution in [0.25, 0.3) is 0 Å². The molecule has 0 atom stereocenters. The number of likely N-dealkylation sites (tertiary alicyclic amines) is 1. The van der Waals surface area contributed by atoms with Gasteiger partial charge in [0.05, 0.1) is 0 Å². The molecule has 1 fully saturated rings. The normalized spacial score (nSPS) is 19.1. The number of hydrogen-bond donors (Lipinski definition) is 0. The second-order valence-electron chi connectivity index (χ2n) is 6.94. The van der Waals surface area contributed by atoms with Crippen LogP contribution in [-0.4, -0.2) is 37.5 Å². The fourth-order valence-corrected chi connectivity index (χ4v) is 2.27. The lowest BCUT2D eigenvalue weighted by Gasteiger charge is -2.40. The number of allylic oxidation sites excluding steroid dienone is 1. The van der Waals surface area contributed by atoms with E-state index in [1.807, 2.05) is 25.7 Å². The fourth-order valence-electron chi connectivity index (χ4n) is 2.27. The van der Waals surface area contributed by atoms with Gasteiger partial charge in [0.15, 0.2) is 0 Å². The third-order valence-corrected chi connectivity index (χ3v) is 3.67. The molecule has 0 spiro atoms. The van der Waals surface area contributed by atoms with Crippen LogP contribution in [0.15, 0.2) is 12.1 Å². The summed E-state index contributed by atoms with van der Waals surface area (Å²) in [5, 5.41) is 0. The van der Waals surface area contributed by atoms with E-state index in [-0.39, 0.29) is 11.5 Å². The summed E-state index contributed by atoms with van der Waals surface area (Å²) in [6, 6.07) is 0. The lowest BCUT2D eigenvalue weighted by atomic mass is 9.74. The molecule has 0 aromatic carbocycles. The summed E-state index contributed by atoms with van der Waals surface area (Å²) in [5.41, 5.74) is 0.589. The first-order valence-electron chi connectivity index (χ1n) is 7.02. The van der Waals surface area contributed by atoms with Crippen molar-refractivity contribution in [3.8, 4) is 0 Å². The van der Waals surface area contributed by atoms with Crippen LogP contribution in [0.1, 0.15) is 53.4 Å².